The van der Waals surface area contributed by atoms with Gasteiger partial charge in [-0.25, -0.2) is 4.98 Å². The van der Waals surface area contributed by atoms with Gasteiger partial charge in [0.2, 0.25) is 0 Å². The Labute approximate surface area is 54.5 Å². The number of hydrogen-bond donors (Lipinski definition) is 0. The van der Waals surface area contributed by atoms with Gasteiger partial charge in [0.1, 0.15) is 5.69 Å². The van der Waals surface area contributed by atoms with Crippen LogP contribution in [-0.2, 0) is 7.05 Å². The fourth-order valence-electron chi connectivity index (χ4n) is 0.605. The average molecular weight is 120 g/mol. The van der Waals surface area contributed by atoms with Crippen molar-refractivity contribution in [1.82, 2.24) is 9.55 Å². The molecule has 0 spiro atoms. The minimum Gasteiger partial charge on any atom is -0.339 e. The van der Waals surface area contributed by atoms with E-state index in [-0.39, 0.29) is 0 Å². The van der Waals surface area contributed by atoms with Crippen LogP contribution >= 0.6 is 0 Å². The maximum atomic E-state index is 3.99. The number of imidazole rings is 1. The van der Waals surface area contributed by atoms with E-state index in [2.05, 4.69) is 16.8 Å². The van der Waals surface area contributed by atoms with Crippen LogP contribution in [0.5, 0.6) is 0 Å². The Hall–Kier alpha value is -1.23. The molecule has 0 unspecified atom stereocenters. The van der Waals surface area contributed by atoms with Gasteiger partial charge in [-0.1, -0.05) is 5.92 Å². The fourth-order valence-corrected chi connectivity index (χ4v) is 0.605. The van der Waals surface area contributed by atoms with Crippen molar-refractivity contribution >= 4 is 0 Å². The predicted octanol–water partition coefficient (Wildman–Crippen LogP) is 0.791. The predicted molar refractivity (Wildman–Crippen MR) is 35.8 cm³/mol. The van der Waals surface area contributed by atoms with Crippen LogP contribution in [0.4, 0.5) is 0 Å². The Bertz CT molecular complexity index is 249. The Kier molecular flexibility index (Phi) is 1.55. The number of nitrogens with zero attached hydrogens (tertiary/aromatic N) is 2. The lowest BCUT2D eigenvalue weighted by atomic mass is 10.5. The van der Waals surface area contributed by atoms with Crippen LogP contribution in [-0.4, -0.2) is 9.55 Å². The van der Waals surface area contributed by atoms with Crippen molar-refractivity contribution in [2.45, 2.75) is 6.92 Å². The van der Waals surface area contributed by atoms with Gasteiger partial charge in [0.05, 0.1) is 6.33 Å². The van der Waals surface area contributed by atoms with E-state index in [1.807, 2.05) is 17.8 Å². The fraction of sp³-hybridized carbons (Fsp3) is 0.286. The first kappa shape index (κ1) is 5.90. The van der Waals surface area contributed by atoms with Crippen molar-refractivity contribution in [2.24, 2.45) is 7.05 Å². The third-order valence-electron chi connectivity index (χ3n) is 0.958. The second kappa shape index (κ2) is 2.36. The molecule has 0 saturated heterocycles. The van der Waals surface area contributed by atoms with Gasteiger partial charge < -0.3 is 4.57 Å². The van der Waals surface area contributed by atoms with E-state index < -0.39 is 0 Å². The Morgan fingerprint density at radius 1 is 1.67 bits per heavy atom. The standard InChI is InChI=1S/C7H8N2/c1-3-4-7-5-9(2)6-8-7/h5-6H,1-2H3. The van der Waals surface area contributed by atoms with Crippen molar-refractivity contribution < 1.29 is 0 Å². The summed E-state index contributed by atoms with van der Waals surface area (Å²) in [6, 6.07) is 0. The first-order valence-electron chi connectivity index (χ1n) is 2.73. The maximum Gasteiger partial charge on any atom is 0.131 e. The van der Waals surface area contributed by atoms with Crippen molar-refractivity contribution in [3.63, 3.8) is 0 Å². The average Bonchev–Trinajstić information content (AvgIpc) is 2.17. The lowest BCUT2D eigenvalue weighted by Crippen LogP contribution is -1.77. The Balaban J connectivity index is 2.93. The topological polar surface area (TPSA) is 17.8 Å². The number of hydrogen-bond acceptors (Lipinski definition) is 1. The second-order valence-electron chi connectivity index (χ2n) is 1.80. The molecule has 0 aliphatic heterocycles. The molecule has 0 aliphatic carbocycles. The van der Waals surface area contributed by atoms with Gasteiger partial charge in [-0.2, -0.15) is 0 Å². The molecule has 2 nitrogen and oxygen atoms in total. The first-order chi connectivity index (χ1) is 4.33. The minimum absolute atomic E-state index is 0.833. The highest BCUT2D eigenvalue weighted by Crippen LogP contribution is 1.88. The molecule has 1 aromatic heterocycles. The summed E-state index contributed by atoms with van der Waals surface area (Å²) < 4.78 is 1.87. The van der Waals surface area contributed by atoms with Gasteiger partial charge in [0.15, 0.2) is 0 Å². The van der Waals surface area contributed by atoms with Gasteiger partial charge in [-0.05, 0) is 12.8 Å². The molecule has 0 saturated carbocycles. The van der Waals surface area contributed by atoms with Crippen molar-refractivity contribution in [3.8, 4) is 11.8 Å². The molecule has 46 valence electrons. The first-order valence-corrected chi connectivity index (χ1v) is 2.73. The number of rotatable bonds is 0. The number of aromatic nitrogens is 2. The van der Waals surface area contributed by atoms with Gasteiger partial charge in [0, 0.05) is 13.2 Å². The van der Waals surface area contributed by atoms with Crippen LogP contribution in [0.1, 0.15) is 12.6 Å². The molecule has 1 aromatic rings. The van der Waals surface area contributed by atoms with Crippen LogP contribution in [0.15, 0.2) is 12.5 Å². The van der Waals surface area contributed by atoms with E-state index >= 15 is 0 Å². The Morgan fingerprint density at radius 2 is 2.44 bits per heavy atom. The summed E-state index contributed by atoms with van der Waals surface area (Å²) in [5, 5.41) is 0. The van der Waals surface area contributed by atoms with Crippen molar-refractivity contribution in [2.75, 3.05) is 0 Å². The monoisotopic (exact) mass is 120 g/mol. The van der Waals surface area contributed by atoms with Crippen LogP contribution in [0.25, 0.3) is 0 Å². The highest BCUT2D eigenvalue weighted by atomic mass is 15.0. The lowest BCUT2D eigenvalue weighted by molar-refractivity contribution is 0.913. The van der Waals surface area contributed by atoms with Crippen LogP contribution in [0, 0.1) is 11.8 Å². The van der Waals surface area contributed by atoms with E-state index in [0.29, 0.717) is 0 Å². The molecule has 0 radical (unpaired) electrons. The molecular formula is C7H8N2. The minimum atomic E-state index is 0.833. The molecule has 0 N–H and O–H groups in total. The molecule has 0 fully saturated rings. The normalized spacial score (nSPS) is 8.22. The third-order valence-corrected chi connectivity index (χ3v) is 0.958. The highest BCUT2D eigenvalue weighted by molar-refractivity contribution is 5.23. The summed E-state index contributed by atoms with van der Waals surface area (Å²) in [5.41, 5.74) is 0.833. The zero-order valence-corrected chi connectivity index (χ0v) is 5.55. The summed E-state index contributed by atoms with van der Waals surface area (Å²) in [7, 11) is 1.92. The summed E-state index contributed by atoms with van der Waals surface area (Å²) in [6.45, 7) is 1.80. The SMILES string of the molecule is CC#Cc1cn(C)cn1. The molecule has 9 heavy (non-hydrogen) atoms. The van der Waals surface area contributed by atoms with Crippen molar-refractivity contribution in [3.05, 3.63) is 18.2 Å². The molecule has 0 atom stereocenters. The smallest absolute Gasteiger partial charge is 0.131 e. The summed E-state index contributed by atoms with van der Waals surface area (Å²) in [6.07, 6.45) is 3.62. The second-order valence-corrected chi connectivity index (χ2v) is 1.80. The molecule has 1 rings (SSSR count). The largest absolute Gasteiger partial charge is 0.339 e. The molecule has 2 heteroatoms. The van der Waals surface area contributed by atoms with E-state index in [0.717, 1.165) is 5.69 Å². The van der Waals surface area contributed by atoms with E-state index in [4.69, 9.17) is 0 Å². The van der Waals surface area contributed by atoms with Gasteiger partial charge in [-0.15, -0.1) is 0 Å². The summed E-state index contributed by atoms with van der Waals surface area (Å²) in [4.78, 5) is 3.99. The van der Waals surface area contributed by atoms with Gasteiger partial charge >= 0.3 is 0 Å². The third kappa shape index (κ3) is 1.33. The summed E-state index contributed by atoms with van der Waals surface area (Å²) >= 11 is 0. The van der Waals surface area contributed by atoms with Crippen LogP contribution < -0.4 is 0 Å². The van der Waals surface area contributed by atoms with Crippen LogP contribution in [0.3, 0.4) is 0 Å². The van der Waals surface area contributed by atoms with Crippen molar-refractivity contribution in [1.29, 1.82) is 0 Å². The zero-order valence-electron chi connectivity index (χ0n) is 5.55. The molecule has 0 amide bonds. The molecule has 0 bridgehead atoms. The van der Waals surface area contributed by atoms with Gasteiger partial charge in [-0.3, -0.25) is 0 Å². The molecular weight excluding hydrogens is 112 g/mol. The zero-order chi connectivity index (χ0) is 6.69. The van der Waals surface area contributed by atoms with E-state index in [1.54, 1.807) is 13.3 Å². The molecule has 0 aliphatic rings. The molecule has 0 aromatic carbocycles. The Morgan fingerprint density at radius 3 is 2.89 bits per heavy atom. The highest BCUT2D eigenvalue weighted by Gasteiger charge is 1.86. The summed E-state index contributed by atoms with van der Waals surface area (Å²) in [5.74, 6) is 5.62. The van der Waals surface area contributed by atoms with Gasteiger partial charge in [0.25, 0.3) is 0 Å². The van der Waals surface area contributed by atoms with Crippen LogP contribution in [0.2, 0.25) is 0 Å². The van der Waals surface area contributed by atoms with E-state index in [1.165, 1.54) is 0 Å². The lowest BCUT2D eigenvalue weighted by Gasteiger charge is -1.78. The van der Waals surface area contributed by atoms with E-state index in [9.17, 15) is 0 Å². The number of aryl methyl sites for hydroxylation is 1. The quantitative estimate of drug-likeness (QED) is 0.463. The molecule has 1 heterocycles. The maximum absolute atomic E-state index is 3.99.